The number of phenolic OH excluding ortho intramolecular Hbond substituents is 1. The quantitative estimate of drug-likeness (QED) is 0.604. The number of hydrogen-bond donors (Lipinski definition) is 1. The number of nitrogens with zero attached hydrogens (tertiary/aromatic N) is 1. The van der Waals surface area contributed by atoms with Gasteiger partial charge in [-0.2, -0.15) is 0 Å². The van der Waals surface area contributed by atoms with Crippen LogP contribution < -0.4 is 4.74 Å². The van der Waals surface area contributed by atoms with Crippen molar-refractivity contribution in [2.45, 2.75) is 33.2 Å². The molecule has 1 aliphatic heterocycles. The lowest BCUT2D eigenvalue weighted by molar-refractivity contribution is 0.104. The Bertz CT molecular complexity index is 841. The van der Waals surface area contributed by atoms with Crippen LogP contribution in [0.25, 0.3) is 6.08 Å². The molecule has 2 aromatic carbocycles. The van der Waals surface area contributed by atoms with Crippen LogP contribution in [-0.4, -0.2) is 36.0 Å². The molecule has 1 fully saturated rings. The topological polar surface area (TPSA) is 49.8 Å². The lowest BCUT2D eigenvalue weighted by atomic mass is 10.0. The minimum Gasteiger partial charge on any atom is -0.507 e. The molecule has 27 heavy (non-hydrogen) atoms. The number of likely N-dealkylation sites (tertiary alicyclic amines) is 1. The third-order valence-electron chi connectivity index (χ3n) is 5.10. The molecule has 142 valence electrons. The SMILES string of the molecule is COc1ccc(C(=O)/C=C/c2cc(C)c(O)c(C)c2)cc1CN1CCCC1. The standard InChI is InChI=1S/C23H27NO3/c1-16-12-18(13-17(2)23(16)26)6-8-21(25)19-7-9-22(27-3)20(14-19)15-24-10-4-5-11-24/h6-9,12-14,26H,4-5,10-11,15H2,1-3H3/b8-6+. The molecule has 3 rings (SSSR count). The Hall–Kier alpha value is -2.59. The molecule has 0 aliphatic carbocycles. The molecule has 1 aliphatic rings. The van der Waals surface area contributed by atoms with Gasteiger partial charge in [0.1, 0.15) is 11.5 Å². The van der Waals surface area contributed by atoms with Gasteiger partial charge in [0, 0.05) is 17.7 Å². The first-order chi connectivity index (χ1) is 13.0. The maximum atomic E-state index is 12.7. The molecular formula is C23H27NO3. The number of rotatable bonds is 6. The van der Waals surface area contributed by atoms with Gasteiger partial charge in [-0.1, -0.05) is 6.08 Å². The molecule has 0 unspecified atom stereocenters. The number of carbonyl (C=O) groups is 1. The van der Waals surface area contributed by atoms with Crippen molar-refractivity contribution in [1.29, 1.82) is 0 Å². The van der Waals surface area contributed by atoms with Gasteiger partial charge in [-0.25, -0.2) is 0 Å². The van der Waals surface area contributed by atoms with Crippen molar-refractivity contribution >= 4 is 11.9 Å². The Morgan fingerprint density at radius 2 is 1.81 bits per heavy atom. The molecule has 4 nitrogen and oxygen atoms in total. The number of aromatic hydroxyl groups is 1. The zero-order valence-electron chi connectivity index (χ0n) is 16.3. The zero-order chi connectivity index (χ0) is 19.4. The Morgan fingerprint density at radius 3 is 2.44 bits per heavy atom. The maximum absolute atomic E-state index is 12.7. The van der Waals surface area contributed by atoms with Gasteiger partial charge in [-0.05, 0) is 92.9 Å². The summed E-state index contributed by atoms with van der Waals surface area (Å²) in [6, 6.07) is 9.38. The number of phenols is 1. The first-order valence-electron chi connectivity index (χ1n) is 9.40. The van der Waals surface area contributed by atoms with Crippen molar-refractivity contribution in [3.05, 3.63) is 64.2 Å². The predicted octanol–water partition coefficient (Wildman–Crippen LogP) is 4.51. The van der Waals surface area contributed by atoms with Crippen LogP contribution >= 0.6 is 0 Å². The van der Waals surface area contributed by atoms with E-state index in [1.165, 1.54) is 12.8 Å². The van der Waals surface area contributed by atoms with E-state index in [1.807, 2.05) is 44.2 Å². The van der Waals surface area contributed by atoms with Gasteiger partial charge in [0.05, 0.1) is 7.11 Å². The van der Waals surface area contributed by atoms with Crippen LogP contribution in [0.1, 0.15) is 45.5 Å². The molecule has 2 aromatic rings. The highest BCUT2D eigenvalue weighted by atomic mass is 16.5. The van der Waals surface area contributed by atoms with Crippen LogP contribution in [0.4, 0.5) is 0 Å². The molecule has 0 saturated carbocycles. The fourth-order valence-corrected chi connectivity index (χ4v) is 3.59. The summed E-state index contributed by atoms with van der Waals surface area (Å²) < 4.78 is 5.48. The fraction of sp³-hybridized carbons (Fsp3) is 0.348. The summed E-state index contributed by atoms with van der Waals surface area (Å²) in [6.07, 6.45) is 5.85. The van der Waals surface area contributed by atoms with Gasteiger partial charge >= 0.3 is 0 Å². The van der Waals surface area contributed by atoms with Crippen molar-refractivity contribution in [1.82, 2.24) is 4.90 Å². The molecule has 1 heterocycles. The summed E-state index contributed by atoms with van der Waals surface area (Å²) in [4.78, 5) is 15.0. The molecule has 0 bridgehead atoms. The van der Waals surface area contributed by atoms with Crippen LogP contribution in [0.5, 0.6) is 11.5 Å². The van der Waals surface area contributed by atoms with Crippen molar-refractivity contribution < 1.29 is 14.6 Å². The molecule has 1 saturated heterocycles. The summed E-state index contributed by atoms with van der Waals surface area (Å²) >= 11 is 0. The van der Waals surface area contributed by atoms with Crippen molar-refractivity contribution in [2.75, 3.05) is 20.2 Å². The van der Waals surface area contributed by atoms with Crippen LogP contribution in [0.2, 0.25) is 0 Å². The van der Waals surface area contributed by atoms with Crippen molar-refractivity contribution in [2.24, 2.45) is 0 Å². The average Bonchev–Trinajstić information content (AvgIpc) is 3.17. The maximum Gasteiger partial charge on any atom is 0.185 e. The lowest BCUT2D eigenvalue weighted by Crippen LogP contribution is -2.19. The smallest absolute Gasteiger partial charge is 0.185 e. The van der Waals surface area contributed by atoms with E-state index >= 15 is 0 Å². The Morgan fingerprint density at radius 1 is 1.15 bits per heavy atom. The van der Waals surface area contributed by atoms with Gasteiger partial charge < -0.3 is 9.84 Å². The molecule has 4 heteroatoms. The second-order valence-electron chi connectivity index (χ2n) is 7.21. The van der Waals surface area contributed by atoms with Gasteiger partial charge in [-0.3, -0.25) is 9.69 Å². The van der Waals surface area contributed by atoms with E-state index in [9.17, 15) is 9.90 Å². The molecule has 0 amide bonds. The Kier molecular flexibility index (Phi) is 5.97. The van der Waals surface area contributed by atoms with Gasteiger partial charge in [0.2, 0.25) is 0 Å². The first-order valence-corrected chi connectivity index (χ1v) is 9.40. The molecule has 0 aromatic heterocycles. The van der Waals surface area contributed by atoms with Gasteiger partial charge in [-0.15, -0.1) is 0 Å². The Labute approximate surface area is 161 Å². The van der Waals surface area contributed by atoms with Gasteiger partial charge in [0.25, 0.3) is 0 Å². The van der Waals surface area contributed by atoms with Gasteiger partial charge in [0.15, 0.2) is 5.78 Å². The summed E-state index contributed by atoms with van der Waals surface area (Å²) in [5.74, 6) is 1.09. The normalized spacial score (nSPS) is 14.8. The van der Waals surface area contributed by atoms with Crippen molar-refractivity contribution in [3.63, 3.8) is 0 Å². The lowest BCUT2D eigenvalue weighted by Gasteiger charge is -2.17. The Balaban J connectivity index is 1.79. The van der Waals surface area contributed by atoms with E-state index in [0.717, 1.165) is 47.6 Å². The third-order valence-corrected chi connectivity index (χ3v) is 5.10. The minimum absolute atomic E-state index is 0.0382. The number of ketones is 1. The zero-order valence-corrected chi connectivity index (χ0v) is 16.3. The van der Waals surface area contributed by atoms with Crippen LogP contribution in [0.15, 0.2) is 36.4 Å². The highest BCUT2D eigenvalue weighted by Gasteiger charge is 2.15. The van der Waals surface area contributed by atoms with E-state index in [2.05, 4.69) is 4.90 Å². The summed E-state index contributed by atoms with van der Waals surface area (Å²) in [5.41, 5.74) is 4.23. The molecular weight excluding hydrogens is 338 g/mol. The number of benzene rings is 2. The van der Waals surface area contributed by atoms with E-state index in [1.54, 1.807) is 19.3 Å². The van der Waals surface area contributed by atoms with E-state index in [-0.39, 0.29) is 5.78 Å². The third kappa shape index (κ3) is 4.58. The number of aryl methyl sites for hydroxylation is 2. The molecule has 0 atom stereocenters. The van der Waals surface area contributed by atoms with E-state index in [0.29, 0.717) is 11.3 Å². The minimum atomic E-state index is -0.0382. The largest absolute Gasteiger partial charge is 0.507 e. The highest BCUT2D eigenvalue weighted by molar-refractivity contribution is 6.07. The van der Waals surface area contributed by atoms with Crippen LogP contribution in [0.3, 0.4) is 0 Å². The number of methoxy groups -OCH3 is 1. The second-order valence-corrected chi connectivity index (χ2v) is 7.21. The number of carbonyl (C=O) groups excluding carboxylic acids is 1. The van der Waals surface area contributed by atoms with E-state index < -0.39 is 0 Å². The van der Waals surface area contributed by atoms with Crippen molar-refractivity contribution in [3.8, 4) is 11.5 Å². The molecule has 0 radical (unpaired) electrons. The van der Waals surface area contributed by atoms with Crippen LogP contribution in [0, 0.1) is 13.8 Å². The average molecular weight is 365 g/mol. The summed E-state index contributed by atoms with van der Waals surface area (Å²) in [7, 11) is 1.67. The fourth-order valence-electron chi connectivity index (χ4n) is 3.59. The number of ether oxygens (including phenoxy) is 1. The summed E-state index contributed by atoms with van der Waals surface area (Å²) in [6.45, 7) is 6.72. The predicted molar refractivity (Wildman–Crippen MR) is 108 cm³/mol. The number of hydrogen-bond acceptors (Lipinski definition) is 4. The molecule has 1 N–H and O–H groups in total. The molecule has 0 spiro atoms. The monoisotopic (exact) mass is 365 g/mol. The highest BCUT2D eigenvalue weighted by Crippen LogP contribution is 2.25. The van der Waals surface area contributed by atoms with E-state index in [4.69, 9.17) is 4.74 Å². The number of allylic oxidation sites excluding steroid dienone is 1. The van der Waals surface area contributed by atoms with Crippen LogP contribution in [-0.2, 0) is 6.54 Å². The second kappa shape index (κ2) is 8.40. The first kappa shape index (κ1) is 19.2. The summed E-state index contributed by atoms with van der Waals surface area (Å²) in [5, 5.41) is 9.88.